The van der Waals surface area contributed by atoms with E-state index in [1.165, 1.54) is 25.8 Å². The third kappa shape index (κ3) is 2.02. The van der Waals surface area contributed by atoms with Gasteiger partial charge in [0.2, 0.25) is 0 Å². The van der Waals surface area contributed by atoms with Crippen molar-refractivity contribution < 1.29 is 0 Å². The molecular formula is C14H28N2. The van der Waals surface area contributed by atoms with Crippen LogP contribution in [0, 0.1) is 5.41 Å². The summed E-state index contributed by atoms with van der Waals surface area (Å²) in [4.78, 5) is 2.77. The van der Waals surface area contributed by atoms with Crippen LogP contribution in [0.5, 0.6) is 0 Å². The summed E-state index contributed by atoms with van der Waals surface area (Å²) < 4.78 is 0. The van der Waals surface area contributed by atoms with Gasteiger partial charge in [0.25, 0.3) is 0 Å². The van der Waals surface area contributed by atoms with Crippen LogP contribution in [0.25, 0.3) is 0 Å². The van der Waals surface area contributed by atoms with E-state index in [-0.39, 0.29) is 0 Å². The van der Waals surface area contributed by atoms with Crippen molar-refractivity contribution in [1.82, 2.24) is 10.2 Å². The molecule has 2 heteroatoms. The van der Waals surface area contributed by atoms with Gasteiger partial charge in [-0.05, 0) is 31.6 Å². The number of hydrogen-bond acceptors (Lipinski definition) is 2. The SMILES string of the molecule is CCC1(CC)CN(C2CC2(C)C)C(C)CN1. The van der Waals surface area contributed by atoms with Crippen LogP contribution >= 0.6 is 0 Å². The minimum atomic E-state index is 0.380. The Labute approximate surface area is 101 Å². The molecule has 0 spiro atoms. The summed E-state index contributed by atoms with van der Waals surface area (Å²) in [6.07, 6.45) is 3.89. The molecule has 1 heterocycles. The zero-order valence-electron chi connectivity index (χ0n) is 11.6. The zero-order chi connectivity index (χ0) is 12.0. The van der Waals surface area contributed by atoms with Crippen LogP contribution in [0.2, 0.25) is 0 Å². The summed E-state index contributed by atoms with van der Waals surface area (Å²) in [6.45, 7) is 14.2. The first-order valence-electron chi connectivity index (χ1n) is 6.95. The number of nitrogens with one attached hydrogen (secondary N) is 1. The van der Waals surface area contributed by atoms with E-state index in [0.717, 1.165) is 12.6 Å². The van der Waals surface area contributed by atoms with Crippen LogP contribution < -0.4 is 5.32 Å². The van der Waals surface area contributed by atoms with Crippen LogP contribution in [-0.4, -0.2) is 35.6 Å². The highest BCUT2D eigenvalue weighted by atomic mass is 15.3. The van der Waals surface area contributed by atoms with Crippen molar-refractivity contribution in [1.29, 1.82) is 0 Å². The molecule has 0 amide bonds. The number of nitrogens with zero attached hydrogens (tertiary/aromatic N) is 1. The maximum Gasteiger partial charge on any atom is 0.0304 e. The highest BCUT2D eigenvalue weighted by Crippen LogP contribution is 2.50. The maximum absolute atomic E-state index is 3.78. The molecule has 1 saturated heterocycles. The second kappa shape index (κ2) is 3.99. The molecule has 94 valence electrons. The molecule has 2 aliphatic rings. The van der Waals surface area contributed by atoms with Gasteiger partial charge in [-0.2, -0.15) is 0 Å². The molecule has 2 rings (SSSR count). The van der Waals surface area contributed by atoms with Crippen molar-refractivity contribution in [2.24, 2.45) is 5.41 Å². The lowest BCUT2D eigenvalue weighted by molar-refractivity contribution is 0.0645. The van der Waals surface area contributed by atoms with Crippen LogP contribution in [-0.2, 0) is 0 Å². The number of piperazine rings is 1. The zero-order valence-corrected chi connectivity index (χ0v) is 11.6. The lowest BCUT2D eigenvalue weighted by Crippen LogP contribution is -2.63. The van der Waals surface area contributed by atoms with Crippen molar-refractivity contribution in [2.75, 3.05) is 13.1 Å². The second-order valence-electron chi connectivity index (χ2n) is 6.60. The average Bonchev–Trinajstić information content (AvgIpc) is 2.89. The molecule has 1 aliphatic carbocycles. The Kier molecular flexibility index (Phi) is 3.09. The van der Waals surface area contributed by atoms with E-state index < -0.39 is 0 Å². The molecular weight excluding hydrogens is 196 g/mol. The van der Waals surface area contributed by atoms with Crippen molar-refractivity contribution in [3.8, 4) is 0 Å². The number of hydrogen-bond donors (Lipinski definition) is 1. The van der Waals surface area contributed by atoms with Gasteiger partial charge in [0, 0.05) is 30.7 Å². The van der Waals surface area contributed by atoms with Crippen molar-refractivity contribution in [2.45, 2.75) is 71.5 Å². The summed E-state index contributed by atoms with van der Waals surface area (Å²) in [6, 6.07) is 1.54. The molecule has 1 N–H and O–H groups in total. The Morgan fingerprint density at radius 1 is 1.25 bits per heavy atom. The van der Waals surface area contributed by atoms with E-state index in [1.54, 1.807) is 0 Å². The van der Waals surface area contributed by atoms with Gasteiger partial charge in [-0.3, -0.25) is 4.90 Å². The van der Waals surface area contributed by atoms with Gasteiger partial charge in [-0.15, -0.1) is 0 Å². The second-order valence-corrected chi connectivity index (χ2v) is 6.60. The Balaban J connectivity index is 2.07. The Morgan fingerprint density at radius 3 is 2.25 bits per heavy atom. The van der Waals surface area contributed by atoms with Gasteiger partial charge in [-0.25, -0.2) is 0 Å². The van der Waals surface area contributed by atoms with Crippen molar-refractivity contribution >= 4 is 0 Å². The molecule has 16 heavy (non-hydrogen) atoms. The summed E-state index contributed by atoms with van der Waals surface area (Å²) >= 11 is 0. The molecule has 1 aliphatic heterocycles. The first-order chi connectivity index (χ1) is 7.44. The van der Waals surface area contributed by atoms with E-state index >= 15 is 0 Å². The van der Waals surface area contributed by atoms with Crippen molar-refractivity contribution in [3.63, 3.8) is 0 Å². The molecule has 0 aromatic carbocycles. The molecule has 0 aromatic rings. The summed E-state index contributed by atoms with van der Waals surface area (Å²) in [5.41, 5.74) is 0.948. The number of rotatable bonds is 3. The molecule has 2 nitrogen and oxygen atoms in total. The minimum Gasteiger partial charge on any atom is -0.308 e. The Hall–Kier alpha value is -0.0800. The van der Waals surface area contributed by atoms with Gasteiger partial charge >= 0.3 is 0 Å². The van der Waals surface area contributed by atoms with E-state index in [9.17, 15) is 0 Å². The van der Waals surface area contributed by atoms with Crippen LogP contribution in [0.3, 0.4) is 0 Å². The first-order valence-corrected chi connectivity index (χ1v) is 6.95. The summed E-state index contributed by atoms with van der Waals surface area (Å²) in [5.74, 6) is 0. The molecule has 0 radical (unpaired) electrons. The lowest BCUT2D eigenvalue weighted by Gasteiger charge is -2.47. The van der Waals surface area contributed by atoms with Gasteiger partial charge in [-0.1, -0.05) is 27.7 Å². The largest absolute Gasteiger partial charge is 0.308 e. The van der Waals surface area contributed by atoms with E-state index in [1.807, 2.05) is 0 Å². The maximum atomic E-state index is 3.78. The Bertz CT molecular complexity index is 255. The molecule has 1 saturated carbocycles. The highest BCUT2D eigenvalue weighted by Gasteiger charge is 2.52. The van der Waals surface area contributed by atoms with Crippen LogP contribution in [0.4, 0.5) is 0 Å². The fourth-order valence-electron chi connectivity index (χ4n) is 3.19. The molecule has 2 unspecified atom stereocenters. The standard InChI is InChI=1S/C14H28N2/c1-6-14(7-2)10-16(11(3)9-15-14)12-8-13(12,4)5/h11-12,15H,6-10H2,1-5H3. The predicted molar refractivity (Wildman–Crippen MR) is 69.7 cm³/mol. The first kappa shape index (κ1) is 12.4. The van der Waals surface area contributed by atoms with Gasteiger partial charge < -0.3 is 5.32 Å². The highest BCUT2D eigenvalue weighted by molar-refractivity contribution is 5.08. The van der Waals surface area contributed by atoms with E-state index in [2.05, 4.69) is 44.8 Å². The third-order valence-electron chi connectivity index (χ3n) is 5.04. The Morgan fingerprint density at radius 2 is 1.81 bits per heavy atom. The monoisotopic (exact) mass is 224 g/mol. The van der Waals surface area contributed by atoms with Gasteiger partial charge in [0.1, 0.15) is 0 Å². The third-order valence-corrected chi connectivity index (χ3v) is 5.04. The molecule has 2 atom stereocenters. The summed E-state index contributed by atoms with van der Waals surface area (Å²) in [7, 11) is 0. The van der Waals surface area contributed by atoms with Gasteiger partial charge in [0.05, 0.1) is 0 Å². The average molecular weight is 224 g/mol. The fraction of sp³-hybridized carbons (Fsp3) is 1.00. The quantitative estimate of drug-likeness (QED) is 0.793. The minimum absolute atomic E-state index is 0.380. The topological polar surface area (TPSA) is 15.3 Å². The van der Waals surface area contributed by atoms with Gasteiger partial charge in [0.15, 0.2) is 0 Å². The van der Waals surface area contributed by atoms with Crippen molar-refractivity contribution in [3.05, 3.63) is 0 Å². The van der Waals surface area contributed by atoms with Crippen LogP contribution in [0.15, 0.2) is 0 Å². The fourth-order valence-corrected chi connectivity index (χ4v) is 3.19. The predicted octanol–water partition coefficient (Wildman–Crippen LogP) is 2.64. The van der Waals surface area contributed by atoms with E-state index in [0.29, 0.717) is 17.0 Å². The smallest absolute Gasteiger partial charge is 0.0304 e. The lowest BCUT2D eigenvalue weighted by atomic mass is 9.88. The molecule has 0 aromatic heterocycles. The molecule has 0 bridgehead atoms. The summed E-state index contributed by atoms with van der Waals surface area (Å²) in [5, 5.41) is 3.78. The molecule has 2 fully saturated rings. The van der Waals surface area contributed by atoms with E-state index in [4.69, 9.17) is 0 Å². The normalized spacial score (nSPS) is 37.3. The van der Waals surface area contributed by atoms with Crippen LogP contribution in [0.1, 0.15) is 53.9 Å².